The quantitative estimate of drug-likeness (QED) is 0.0220. The summed E-state index contributed by atoms with van der Waals surface area (Å²) < 4.78 is 39.2. The number of hydrogen-bond donors (Lipinski definition) is 18. The molecule has 0 aromatic rings. The summed E-state index contributed by atoms with van der Waals surface area (Å²) in [7, 11) is 0. The lowest BCUT2D eigenvalue weighted by molar-refractivity contribution is -0.361. The van der Waals surface area contributed by atoms with E-state index in [1.807, 2.05) is 0 Å². The molecule has 2 aliphatic carbocycles. The van der Waals surface area contributed by atoms with Gasteiger partial charge in [0, 0.05) is 63.8 Å². The number of carbonyl (C=O) groups is 8. The van der Waals surface area contributed by atoms with Crippen LogP contribution in [0.5, 0.6) is 0 Å². The lowest BCUT2D eigenvalue weighted by Gasteiger charge is -2.46. The summed E-state index contributed by atoms with van der Waals surface area (Å²) in [6.07, 6.45) is -31.6. The number of nitrogens with one attached hydrogen (secondary N) is 5. The molecule has 21 atom stereocenters. The number of hydroxylamine groups is 2. The van der Waals surface area contributed by atoms with Gasteiger partial charge in [0.25, 0.3) is 11.8 Å². The first-order valence-electron chi connectivity index (χ1n) is 28.6. The number of amides is 7. The van der Waals surface area contributed by atoms with Gasteiger partial charge >= 0.3 is 5.97 Å². The molecule has 0 aromatic heterocycles. The molecule has 36 nitrogen and oxygen atoms in total. The van der Waals surface area contributed by atoms with E-state index in [0.29, 0.717) is 5.06 Å². The summed E-state index contributed by atoms with van der Waals surface area (Å²) in [5, 5.41) is 149. The first kappa shape index (κ1) is 71.2. The van der Waals surface area contributed by atoms with Crippen molar-refractivity contribution in [3.05, 3.63) is 0 Å². The molecule has 36 heteroatoms. The summed E-state index contributed by atoms with van der Waals surface area (Å²) in [4.78, 5) is 106. The standard InChI is InChI=1S/C51H83N7O29/c1-23-36(69)40(73)43(76)48(83-23)80-14-12-55-28(61)4-2-9-52-30(63)18-57(20-32(65)54-11-8-35(68)87-58-33(66)6-7-34(58)67)19-31(64)53-10-3-5-29(62)56-13-15-81-49-45(78)46(86-50-44(77)41(74)38(71)25(21-59)84-50)39(72)26(85-49)22-82-24-16-51(17-27(51)60)47(79)42(75)37(24)70/h23-27,36-50,59-60,69-79H,2-22H2,1H3,(H,52,63)(H,53,64)(H,54,65)(H,55,61)(H,56,62)/t23-,24-,25+,26+,27?,36+,37+,38+,39+,40+,41-,42+,43-,44-,45-,46-,47-,48+,49-,50+,51?/m0/s1. The van der Waals surface area contributed by atoms with E-state index >= 15 is 0 Å². The smallest absolute Gasteiger partial charge is 0.334 e. The molecule has 2 saturated carbocycles. The fourth-order valence-corrected chi connectivity index (χ4v) is 10.3. The van der Waals surface area contributed by atoms with Crippen LogP contribution in [0, 0.1) is 5.41 Å². The van der Waals surface area contributed by atoms with Crippen molar-refractivity contribution in [3.63, 3.8) is 0 Å². The normalized spacial score (nSPS) is 35.9. The highest BCUT2D eigenvalue weighted by Crippen LogP contribution is 2.57. The number of imide groups is 1. The van der Waals surface area contributed by atoms with Gasteiger partial charge in [0.15, 0.2) is 18.9 Å². The Morgan fingerprint density at radius 2 is 1.03 bits per heavy atom. The van der Waals surface area contributed by atoms with E-state index in [2.05, 4.69) is 26.6 Å². The molecule has 6 fully saturated rings. The van der Waals surface area contributed by atoms with Crippen molar-refractivity contribution < 1.29 is 143 Å². The van der Waals surface area contributed by atoms with Crippen LogP contribution in [0.4, 0.5) is 0 Å². The Morgan fingerprint density at radius 3 is 1.57 bits per heavy atom. The fourth-order valence-electron chi connectivity index (χ4n) is 10.3. The molecule has 87 heavy (non-hydrogen) atoms. The van der Waals surface area contributed by atoms with Gasteiger partial charge in [-0.05, 0) is 32.6 Å². The number of carbonyl (C=O) groups excluding carboxylic acids is 8. The van der Waals surface area contributed by atoms with E-state index in [-0.39, 0.29) is 97.3 Å². The molecule has 6 aliphatic rings. The maximum absolute atomic E-state index is 13.1. The molecule has 6 rings (SSSR count). The van der Waals surface area contributed by atoms with Crippen molar-refractivity contribution in [1.82, 2.24) is 36.5 Å². The van der Waals surface area contributed by atoms with Crippen LogP contribution in [-0.2, 0) is 76.4 Å². The molecular weight excluding hydrogens is 1170 g/mol. The molecule has 1 spiro atoms. The summed E-state index contributed by atoms with van der Waals surface area (Å²) in [5.74, 6) is -5.41. The van der Waals surface area contributed by atoms with E-state index in [0.717, 1.165) is 4.90 Å². The minimum atomic E-state index is -1.96. The van der Waals surface area contributed by atoms with Crippen molar-refractivity contribution in [3.8, 4) is 0 Å². The number of rotatable bonds is 32. The minimum Gasteiger partial charge on any atom is -0.394 e. The summed E-state index contributed by atoms with van der Waals surface area (Å²) in [6.45, 7) is -2.57. The number of nitrogens with zero attached hydrogens (tertiary/aromatic N) is 2. The van der Waals surface area contributed by atoms with E-state index in [4.69, 9.17) is 38.0 Å². The monoisotopic (exact) mass is 1260 g/mol. The zero-order chi connectivity index (χ0) is 63.9. The van der Waals surface area contributed by atoms with E-state index in [9.17, 15) is 105 Å². The molecule has 4 heterocycles. The van der Waals surface area contributed by atoms with Gasteiger partial charge in [-0.25, -0.2) is 4.79 Å². The third-order valence-electron chi connectivity index (χ3n) is 15.5. The lowest BCUT2D eigenvalue weighted by Crippen LogP contribution is -2.65. The topological polar surface area (TPSA) is 540 Å². The van der Waals surface area contributed by atoms with E-state index < -0.39 is 215 Å². The second-order valence-electron chi connectivity index (χ2n) is 22.1. The van der Waals surface area contributed by atoms with Crippen LogP contribution in [0.15, 0.2) is 0 Å². The Bertz CT molecular complexity index is 2300. The van der Waals surface area contributed by atoms with E-state index in [1.54, 1.807) is 0 Å². The maximum atomic E-state index is 13.1. The lowest BCUT2D eigenvalue weighted by atomic mass is 9.77. The number of aliphatic hydroxyl groups is 13. The molecule has 4 aliphatic heterocycles. The molecular formula is C51H83N7O29. The van der Waals surface area contributed by atoms with Crippen LogP contribution in [-0.4, -0.2) is 325 Å². The third kappa shape index (κ3) is 19.6. The van der Waals surface area contributed by atoms with Gasteiger partial charge in [-0.2, -0.15) is 0 Å². The molecule has 4 saturated heterocycles. The Morgan fingerprint density at radius 1 is 0.540 bits per heavy atom. The van der Waals surface area contributed by atoms with Crippen LogP contribution in [0.1, 0.15) is 64.7 Å². The zero-order valence-corrected chi connectivity index (χ0v) is 47.6. The second-order valence-corrected chi connectivity index (χ2v) is 22.1. The van der Waals surface area contributed by atoms with Crippen LogP contribution in [0.3, 0.4) is 0 Å². The Balaban J connectivity index is 0.935. The number of hydrogen-bond acceptors (Lipinski definition) is 30. The van der Waals surface area contributed by atoms with Crippen molar-refractivity contribution in [2.75, 3.05) is 78.8 Å². The Hall–Kier alpha value is -4.88. The van der Waals surface area contributed by atoms with Gasteiger partial charge in [-0.15, -0.1) is 5.06 Å². The summed E-state index contributed by atoms with van der Waals surface area (Å²) in [5.41, 5.74) is -1.15. The molecule has 496 valence electrons. The highest BCUT2D eigenvalue weighted by molar-refractivity contribution is 6.01. The Labute approximate surface area is 497 Å². The number of aliphatic hydroxyl groups excluding tert-OH is 13. The SMILES string of the molecule is C[C@@H]1O[C@@H](OCCNC(=O)CCCNC(=O)CN(CC(=O)NCCCC(=O)NCCO[C@H]2O[C@H](CO[C@H]3CC4(CC4O)[C@@H](O)[C@H](O)[C@@H]3O)[C@@H](O)[C@H](O[C@H]3O[C@H](CO)[C@@H](O)[C@H](O)[C@@H]3O)[C@@H]2O)CC(=O)NCCC(=O)ON2C(=O)CCC2=O)[C@@H](O)[C@H](O)[C@@H]1O. The predicted molar refractivity (Wildman–Crippen MR) is 281 cm³/mol. The largest absolute Gasteiger partial charge is 0.394 e. The molecule has 0 radical (unpaired) electrons. The van der Waals surface area contributed by atoms with Crippen LogP contribution >= 0.6 is 0 Å². The van der Waals surface area contributed by atoms with Crippen molar-refractivity contribution in [2.45, 2.75) is 187 Å². The summed E-state index contributed by atoms with van der Waals surface area (Å²) >= 11 is 0. The van der Waals surface area contributed by atoms with Crippen LogP contribution in [0.2, 0.25) is 0 Å². The average molecular weight is 1260 g/mol. The van der Waals surface area contributed by atoms with Gasteiger partial charge in [0.2, 0.25) is 29.5 Å². The van der Waals surface area contributed by atoms with Crippen molar-refractivity contribution in [1.29, 1.82) is 0 Å². The van der Waals surface area contributed by atoms with Gasteiger partial charge in [-0.1, -0.05) is 0 Å². The second kappa shape index (κ2) is 33.3. The molecule has 7 amide bonds. The Kier molecular flexibility index (Phi) is 27.2. The summed E-state index contributed by atoms with van der Waals surface area (Å²) in [6, 6.07) is 0. The third-order valence-corrected chi connectivity index (χ3v) is 15.5. The van der Waals surface area contributed by atoms with Crippen molar-refractivity contribution in [2.24, 2.45) is 5.41 Å². The zero-order valence-electron chi connectivity index (χ0n) is 47.6. The highest BCUT2D eigenvalue weighted by atomic mass is 16.7. The molecule has 2 unspecified atom stereocenters. The van der Waals surface area contributed by atoms with Gasteiger partial charge in [0.05, 0.1) is 76.9 Å². The molecule has 0 aromatic carbocycles. The predicted octanol–water partition coefficient (Wildman–Crippen LogP) is -11.5. The van der Waals surface area contributed by atoms with Crippen LogP contribution < -0.4 is 26.6 Å². The fraction of sp³-hybridized carbons (Fsp3) is 0.843. The highest BCUT2D eigenvalue weighted by Gasteiger charge is 2.65. The minimum absolute atomic E-state index is 0.00304. The average Bonchev–Trinajstić information content (AvgIpc) is 1.60. The van der Waals surface area contributed by atoms with Gasteiger partial charge in [-0.3, -0.25) is 38.5 Å². The van der Waals surface area contributed by atoms with Crippen molar-refractivity contribution >= 4 is 47.3 Å². The van der Waals surface area contributed by atoms with Gasteiger partial charge in [0.1, 0.15) is 79.4 Å². The first-order valence-corrected chi connectivity index (χ1v) is 28.6. The molecule has 0 bridgehead atoms. The maximum Gasteiger partial charge on any atom is 0.334 e. The number of ether oxygens (including phenoxy) is 7. The van der Waals surface area contributed by atoms with Gasteiger partial charge < -0.3 is 131 Å². The van der Waals surface area contributed by atoms with Crippen LogP contribution in [0.25, 0.3) is 0 Å². The van der Waals surface area contributed by atoms with E-state index in [1.165, 1.54) is 6.92 Å². The molecule has 18 N–H and O–H groups in total. The first-order chi connectivity index (χ1) is 41.3.